The van der Waals surface area contributed by atoms with Crippen molar-refractivity contribution in [2.24, 2.45) is 0 Å². The Hall–Kier alpha value is -7.17. The summed E-state index contributed by atoms with van der Waals surface area (Å²) in [7, 11) is 0. The van der Waals surface area contributed by atoms with Crippen LogP contribution in [0.5, 0.6) is 0 Å². The second-order valence-electron chi connectivity index (χ2n) is 13.2. The van der Waals surface area contributed by atoms with Gasteiger partial charge in [0.15, 0.2) is 17.5 Å². The van der Waals surface area contributed by atoms with Crippen LogP contribution in [0.3, 0.4) is 0 Å². The molecule has 0 bridgehead atoms. The number of furan rings is 1. The Labute approximate surface area is 306 Å². The van der Waals surface area contributed by atoms with Crippen molar-refractivity contribution >= 4 is 32.7 Å². The van der Waals surface area contributed by atoms with Gasteiger partial charge in [-0.3, -0.25) is 0 Å². The van der Waals surface area contributed by atoms with Crippen LogP contribution < -0.4 is 0 Å². The van der Waals surface area contributed by atoms with Gasteiger partial charge in [0.05, 0.1) is 0 Å². The molecule has 0 atom stereocenters. The number of benzene rings is 8. The Kier molecular flexibility index (Phi) is 7.43. The van der Waals surface area contributed by atoms with Crippen molar-refractivity contribution in [3.8, 4) is 67.5 Å². The highest BCUT2D eigenvalue weighted by Crippen LogP contribution is 2.41. The highest BCUT2D eigenvalue weighted by atomic mass is 16.3. The van der Waals surface area contributed by atoms with E-state index in [-0.39, 0.29) is 0 Å². The quantitative estimate of drug-likeness (QED) is 0.176. The van der Waals surface area contributed by atoms with Crippen molar-refractivity contribution in [2.75, 3.05) is 0 Å². The summed E-state index contributed by atoms with van der Waals surface area (Å²) < 4.78 is 6.47. The summed E-state index contributed by atoms with van der Waals surface area (Å²) in [5.74, 6) is 1.85. The van der Waals surface area contributed by atoms with Crippen LogP contribution in [0.1, 0.15) is 0 Å². The summed E-state index contributed by atoms with van der Waals surface area (Å²) in [4.78, 5) is 15.0. The molecular formula is C49H31N3O. The fourth-order valence-corrected chi connectivity index (χ4v) is 7.39. The Morgan fingerprint density at radius 2 is 0.774 bits per heavy atom. The molecule has 53 heavy (non-hydrogen) atoms. The Bertz CT molecular complexity index is 2860. The molecule has 0 radical (unpaired) electrons. The SMILES string of the molecule is c1ccc(-c2ccc(-c3ccc(-c4ccc5oc6cccc(-c7nc(-c8ccccc8)nc(-c8ccccc8)n7)c6c5c4)c4ccccc34)cc2)cc1. The van der Waals surface area contributed by atoms with Gasteiger partial charge in [-0.1, -0.05) is 170 Å². The molecule has 8 aromatic carbocycles. The molecule has 0 unspecified atom stereocenters. The van der Waals surface area contributed by atoms with E-state index in [0.29, 0.717) is 17.5 Å². The lowest BCUT2D eigenvalue weighted by atomic mass is 9.91. The minimum absolute atomic E-state index is 0.601. The van der Waals surface area contributed by atoms with E-state index in [1.165, 1.54) is 33.0 Å². The lowest BCUT2D eigenvalue weighted by molar-refractivity contribution is 0.669. The fraction of sp³-hybridized carbons (Fsp3) is 0. The van der Waals surface area contributed by atoms with Gasteiger partial charge in [-0.05, 0) is 62.4 Å². The topological polar surface area (TPSA) is 51.8 Å². The Balaban J connectivity index is 1.11. The molecule has 0 aliphatic heterocycles. The molecule has 10 rings (SSSR count). The minimum atomic E-state index is 0.601. The normalized spacial score (nSPS) is 11.4. The summed E-state index contributed by atoms with van der Waals surface area (Å²) in [5, 5.41) is 4.40. The molecule has 0 spiro atoms. The number of fused-ring (bicyclic) bond motifs is 4. The molecule has 10 aromatic rings. The Morgan fingerprint density at radius 3 is 1.40 bits per heavy atom. The molecule has 0 saturated carbocycles. The third-order valence-electron chi connectivity index (χ3n) is 9.97. The van der Waals surface area contributed by atoms with Crippen molar-refractivity contribution in [1.82, 2.24) is 15.0 Å². The van der Waals surface area contributed by atoms with Crippen LogP contribution in [0, 0.1) is 0 Å². The first-order valence-corrected chi connectivity index (χ1v) is 17.8. The third kappa shape index (κ3) is 5.54. The molecule has 0 aliphatic carbocycles. The molecule has 0 saturated heterocycles. The number of hydrogen-bond donors (Lipinski definition) is 0. The average molecular weight is 678 g/mol. The Morgan fingerprint density at radius 1 is 0.283 bits per heavy atom. The molecule has 2 aromatic heterocycles. The van der Waals surface area contributed by atoms with Crippen molar-refractivity contribution < 1.29 is 4.42 Å². The van der Waals surface area contributed by atoms with E-state index in [9.17, 15) is 0 Å². The largest absolute Gasteiger partial charge is 0.456 e. The first kappa shape index (κ1) is 30.6. The zero-order chi connectivity index (χ0) is 35.1. The molecule has 0 amide bonds. The molecule has 2 heterocycles. The molecule has 248 valence electrons. The van der Waals surface area contributed by atoms with E-state index in [0.717, 1.165) is 49.8 Å². The second-order valence-corrected chi connectivity index (χ2v) is 13.2. The van der Waals surface area contributed by atoms with Gasteiger partial charge < -0.3 is 4.42 Å². The number of nitrogens with zero attached hydrogens (tertiary/aromatic N) is 3. The predicted molar refractivity (Wildman–Crippen MR) is 217 cm³/mol. The van der Waals surface area contributed by atoms with Crippen molar-refractivity contribution in [3.63, 3.8) is 0 Å². The van der Waals surface area contributed by atoms with Gasteiger partial charge in [0.25, 0.3) is 0 Å². The zero-order valence-corrected chi connectivity index (χ0v) is 28.6. The lowest BCUT2D eigenvalue weighted by Crippen LogP contribution is -2.00. The number of rotatable bonds is 6. The van der Waals surface area contributed by atoms with Gasteiger partial charge in [0.1, 0.15) is 11.2 Å². The van der Waals surface area contributed by atoms with Gasteiger partial charge in [0, 0.05) is 27.5 Å². The summed E-state index contributed by atoms with van der Waals surface area (Å²) in [6.45, 7) is 0. The predicted octanol–water partition coefficient (Wildman–Crippen LogP) is 12.9. The van der Waals surface area contributed by atoms with E-state index >= 15 is 0 Å². The van der Waals surface area contributed by atoms with E-state index in [1.807, 2.05) is 72.8 Å². The highest BCUT2D eigenvalue weighted by molar-refractivity contribution is 6.14. The molecule has 0 aliphatic rings. The summed E-state index contributed by atoms with van der Waals surface area (Å²) in [5.41, 5.74) is 11.5. The van der Waals surface area contributed by atoms with Crippen molar-refractivity contribution in [1.29, 1.82) is 0 Å². The van der Waals surface area contributed by atoms with Crippen molar-refractivity contribution in [3.05, 3.63) is 188 Å². The van der Waals surface area contributed by atoms with E-state index in [1.54, 1.807) is 0 Å². The monoisotopic (exact) mass is 677 g/mol. The maximum Gasteiger partial charge on any atom is 0.164 e. The zero-order valence-electron chi connectivity index (χ0n) is 28.6. The number of hydrogen-bond acceptors (Lipinski definition) is 4. The number of aromatic nitrogens is 3. The molecule has 0 N–H and O–H groups in total. The van der Waals surface area contributed by atoms with Crippen LogP contribution >= 0.6 is 0 Å². The molecule has 4 heteroatoms. The van der Waals surface area contributed by atoms with Gasteiger partial charge in [-0.25, -0.2) is 15.0 Å². The first-order chi connectivity index (χ1) is 26.3. The van der Waals surface area contributed by atoms with Crippen molar-refractivity contribution in [2.45, 2.75) is 0 Å². The molecular weight excluding hydrogens is 647 g/mol. The summed E-state index contributed by atoms with van der Waals surface area (Å²) >= 11 is 0. The van der Waals surface area contributed by atoms with Gasteiger partial charge >= 0.3 is 0 Å². The summed E-state index contributed by atoms with van der Waals surface area (Å²) in [6, 6.07) is 65.3. The molecule has 4 nitrogen and oxygen atoms in total. The van der Waals surface area contributed by atoms with Crippen LogP contribution in [0.15, 0.2) is 192 Å². The maximum atomic E-state index is 6.47. The lowest BCUT2D eigenvalue weighted by Gasteiger charge is -2.13. The van der Waals surface area contributed by atoms with E-state index in [4.69, 9.17) is 19.4 Å². The molecule has 0 fully saturated rings. The van der Waals surface area contributed by atoms with Gasteiger partial charge in [0.2, 0.25) is 0 Å². The van der Waals surface area contributed by atoms with E-state index in [2.05, 4.69) is 115 Å². The standard InChI is InChI=1S/C49H31N3O/c1-4-13-32(14-5-1)33-23-25-34(26-24-33)38-28-29-39(41-20-11-10-19-40(38)41)37-27-30-44-43(31-37)46-42(21-12-22-45(46)53-44)49-51-47(35-15-6-2-7-16-35)50-48(52-49)36-17-8-3-9-18-36/h1-31H. The van der Waals surface area contributed by atoms with Crippen LogP contribution in [-0.2, 0) is 0 Å². The van der Waals surface area contributed by atoms with Crippen LogP contribution in [-0.4, -0.2) is 15.0 Å². The average Bonchev–Trinajstić information content (AvgIpc) is 3.62. The third-order valence-corrected chi connectivity index (χ3v) is 9.97. The van der Waals surface area contributed by atoms with E-state index < -0.39 is 0 Å². The van der Waals surface area contributed by atoms with Crippen LogP contribution in [0.4, 0.5) is 0 Å². The van der Waals surface area contributed by atoms with Crippen LogP contribution in [0.25, 0.3) is 100 Å². The van der Waals surface area contributed by atoms with Gasteiger partial charge in [-0.2, -0.15) is 0 Å². The fourth-order valence-electron chi connectivity index (χ4n) is 7.39. The second kappa shape index (κ2) is 12.9. The summed E-state index contributed by atoms with van der Waals surface area (Å²) in [6.07, 6.45) is 0. The maximum absolute atomic E-state index is 6.47. The van der Waals surface area contributed by atoms with Crippen LogP contribution in [0.2, 0.25) is 0 Å². The van der Waals surface area contributed by atoms with Gasteiger partial charge in [-0.15, -0.1) is 0 Å². The minimum Gasteiger partial charge on any atom is -0.456 e. The highest BCUT2D eigenvalue weighted by Gasteiger charge is 2.19. The smallest absolute Gasteiger partial charge is 0.164 e. The first-order valence-electron chi connectivity index (χ1n) is 17.8.